The molecule has 92 valence electrons. The van der Waals surface area contributed by atoms with Crippen LogP contribution in [-0.2, 0) is 16.0 Å². The summed E-state index contributed by atoms with van der Waals surface area (Å²) >= 11 is 0. The van der Waals surface area contributed by atoms with Crippen molar-refractivity contribution in [3.8, 4) is 0 Å². The van der Waals surface area contributed by atoms with Crippen molar-refractivity contribution in [2.45, 2.75) is 34.1 Å². The number of Topliss-reactive ketones (excluding diaryl/α,β-unsaturated/α-hetero) is 1. The van der Waals surface area contributed by atoms with Gasteiger partial charge in [0.05, 0.1) is 0 Å². The van der Waals surface area contributed by atoms with Crippen LogP contribution in [0, 0.1) is 20.8 Å². The number of ketones is 1. The van der Waals surface area contributed by atoms with Gasteiger partial charge in [0, 0.05) is 13.5 Å². The Labute approximate surface area is 102 Å². The molecule has 3 nitrogen and oxygen atoms in total. The van der Waals surface area contributed by atoms with Gasteiger partial charge in [0.25, 0.3) is 5.91 Å². The van der Waals surface area contributed by atoms with Crippen LogP contribution in [-0.4, -0.2) is 18.2 Å². The third-order valence-electron chi connectivity index (χ3n) is 2.95. The van der Waals surface area contributed by atoms with E-state index in [-0.39, 0.29) is 0 Å². The number of hydrogen-bond acceptors (Lipinski definition) is 2. The number of benzene rings is 1. The molecule has 17 heavy (non-hydrogen) atoms. The van der Waals surface area contributed by atoms with Crippen molar-refractivity contribution in [3.05, 3.63) is 34.4 Å². The molecule has 1 aromatic rings. The molecule has 0 aromatic heterocycles. The summed E-state index contributed by atoms with van der Waals surface area (Å²) < 4.78 is 0. The van der Waals surface area contributed by atoms with Crippen molar-refractivity contribution in [1.82, 2.24) is 5.32 Å². The summed E-state index contributed by atoms with van der Waals surface area (Å²) in [5, 5.41) is 2.60. The summed E-state index contributed by atoms with van der Waals surface area (Å²) in [7, 11) is 0. The second-order valence-electron chi connectivity index (χ2n) is 4.43. The highest BCUT2D eigenvalue weighted by Crippen LogP contribution is 2.15. The minimum absolute atomic E-state index is 0.443. The predicted octanol–water partition coefficient (Wildman–Crippen LogP) is 1.86. The van der Waals surface area contributed by atoms with Crippen molar-refractivity contribution in [3.63, 3.8) is 0 Å². The molecule has 0 unspecified atom stereocenters. The van der Waals surface area contributed by atoms with Crippen LogP contribution in [0.2, 0.25) is 0 Å². The monoisotopic (exact) mass is 233 g/mol. The van der Waals surface area contributed by atoms with E-state index in [2.05, 4.69) is 38.2 Å². The summed E-state index contributed by atoms with van der Waals surface area (Å²) in [5.41, 5.74) is 4.98. The molecule has 0 aliphatic rings. The maximum absolute atomic E-state index is 11.1. The van der Waals surface area contributed by atoms with Crippen LogP contribution in [0.5, 0.6) is 0 Å². The van der Waals surface area contributed by atoms with E-state index >= 15 is 0 Å². The second kappa shape index (κ2) is 5.62. The molecule has 1 rings (SSSR count). The summed E-state index contributed by atoms with van der Waals surface area (Å²) in [4.78, 5) is 21.8. The quantitative estimate of drug-likeness (QED) is 0.807. The minimum atomic E-state index is -0.508. The van der Waals surface area contributed by atoms with Crippen LogP contribution < -0.4 is 5.32 Å². The Bertz CT molecular complexity index is 450. The molecular weight excluding hydrogens is 214 g/mol. The second-order valence-corrected chi connectivity index (χ2v) is 4.43. The highest BCUT2D eigenvalue weighted by atomic mass is 16.2. The lowest BCUT2D eigenvalue weighted by molar-refractivity contribution is -0.136. The van der Waals surface area contributed by atoms with Gasteiger partial charge in [-0.15, -0.1) is 0 Å². The van der Waals surface area contributed by atoms with Gasteiger partial charge in [-0.3, -0.25) is 9.59 Å². The van der Waals surface area contributed by atoms with Gasteiger partial charge in [-0.25, -0.2) is 0 Å². The van der Waals surface area contributed by atoms with Crippen molar-refractivity contribution in [1.29, 1.82) is 0 Å². The Morgan fingerprint density at radius 2 is 1.65 bits per heavy atom. The highest BCUT2D eigenvalue weighted by molar-refractivity contribution is 6.35. The molecule has 0 saturated heterocycles. The lowest BCUT2D eigenvalue weighted by Crippen LogP contribution is -2.30. The normalized spacial score (nSPS) is 10.1. The van der Waals surface area contributed by atoms with Crippen LogP contribution in [0.15, 0.2) is 12.1 Å². The summed E-state index contributed by atoms with van der Waals surface area (Å²) in [6.07, 6.45) is 0.756. The molecule has 0 atom stereocenters. The Morgan fingerprint density at radius 1 is 1.06 bits per heavy atom. The molecule has 3 heteroatoms. The molecule has 0 radical (unpaired) electrons. The zero-order chi connectivity index (χ0) is 13.0. The Hall–Kier alpha value is -1.64. The molecule has 0 spiro atoms. The first-order chi connectivity index (χ1) is 7.91. The van der Waals surface area contributed by atoms with Crippen LogP contribution >= 0.6 is 0 Å². The average Bonchev–Trinajstić information content (AvgIpc) is 2.25. The van der Waals surface area contributed by atoms with Crippen LogP contribution in [0.25, 0.3) is 0 Å². The molecule has 0 aliphatic heterocycles. The number of rotatable bonds is 4. The van der Waals surface area contributed by atoms with Crippen LogP contribution in [0.1, 0.15) is 29.2 Å². The van der Waals surface area contributed by atoms with Crippen LogP contribution in [0.4, 0.5) is 0 Å². The Kier molecular flexibility index (Phi) is 4.44. The first kappa shape index (κ1) is 13.4. The number of nitrogens with one attached hydrogen (secondary N) is 1. The molecular formula is C14H19NO2. The first-order valence-corrected chi connectivity index (χ1v) is 5.77. The lowest BCUT2D eigenvalue weighted by Gasteiger charge is -2.10. The SMILES string of the molecule is CC(=O)C(=O)NCCc1cc(C)c(C)cc1C. The number of amides is 1. The molecule has 0 heterocycles. The molecule has 0 bridgehead atoms. The van der Waals surface area contributed by atoms with Crippen molar-refractivity contribution >= 4 is 11.7 Å². The zero-order valence-electron chi connectivity index (χ0n) is 10.9. The topological polar surface area (TPSA) is 46.2 Å². The van der Waals surface area contributed by atoms with Gasteiger partial charge < -0.3 is 5.32 Å². The van der Waals surface area contributed by atoms with E-state index in [9.17, 15) is 9.59 Å². The van der Waals surface area contributed by atoms with E-state index < -0.39 is 11.7 Å². The van der Waals surface area contributed by atoms with Gasteiger partial charge in [0.1, 0.15) is 0 Å². The van der Waals surface area contributed by atoms with Crippen molar-refractivity contribution in [2.75, 3.05) is 6.54 Å². The van der Waals surface area contributed by atoms with E-state index in [1.165, 1.54) is 29.2 Å². The van der Waals surface area contributed by atoms with Gasteiger partial charge in [-0.05, 0) is 49.4 Å². The molecule has 1 N–H and O–H groups in total. The van der Waals surface area contributed by atoms with Crippen molar-refractivity contribution in [2.24, 2.45) is 0 Å². The van der Waals surface area contributed by atoms with E-state index in [0.29, 0.717) is 6.54 Å². The minimum Gasteiger partial charge on any atom is -0.349 e. The van der Waals surface area contributed by atoms with E-state index in [1.54, 1.807) is 0 Å². The van der Waals surface area contributed by atoms with Gasteiger partial charge in [0.2, 0.25) is 5.78 Å². The summed E-state index contributed by atoms with van der Waals surface area (Å²) in [6.45, 7) is 8.00. The van der Waals surface area contributed by atoms with E-state index in [4.69, 9.17) is 0 Å². The smallest absolute Gasteiger partial charge is 0.287 e. The van der Waals surface area contributed by atoms with E-state index in [0.717, 1.165) is 6.42 Å². The number of aryl methyl sites for hydroxylation is 3. The maximum atomic E-state index is 11.1. The standard InChI is InChI=1S/C14H19NO2/c1-9-7-11(3)13(8-10(9)2)5-6-15-14(17)12(4)16/h7-8H,5-6H2,1-4H3,(H,15,17). The van der Waals surface area contributed by atoms with Gasteiger partial charge in [-0.2, -0.15) is 0 Å². The van der Waals surface area contributed by atoms with Gasteiger partial charge >= 0.3 is 0 Å². The van der Waals surface area contributed by atoms with Gasteiger partial charge in [-0.1, -0.05) is 12.1 Å². The highest BCUT2D eigenvalue weighted by Gasteiger charge is 2.07. The number of carbonyl (C=O) groups is 2. The Morgan fingerprint density at radius 3 is 2.24 bits per heavy atom. The lowest BCUT2D eigenvalue weighted by atomic mass is 9.99. The fraction of sp³-hybridized carbons (Fsp3) is 0.429. The average molecular weight is 233 g/mol. The fourth-order valence-corrected chi connectivity index (χ4v) is 1.72. The molecule has 0 fully saturated rings. The maximum Gasteiger partial charge on any atom is 0.287 e. The van der Waals surface area contributed by atoms with Gasteiger partial charge in [0.15, 0.2) is 0 Å². The summed E-state index contributed by atoms with van der Waals surface area (Å²) in [6, 6.07) is 4.29. The zero-order valence-corrected chi connectivity index (χ0v) is 10.9. The third kappa shape index (κ3) is 3.70. The molecule has 1 aromatic carbocycles. The van der Waals surface area contributed by atoms with E-state index in [1.807, 2.05) is 0 Å². The van der Waals surface area contributed by atoms with Crippen molar-refractivity contribution < 1.29 is 9.59 Å². The molecule has 1 amide bonds. The molecule has 0 aliphatic carbocycles. The summed E-state index contributed by atoms with van der Waals surface area (Å²) in [5.74, 6) is -0.951. The third-order valence-corrected chi connectivity index (χ3v) is 2.95. The number of carbonyl (C=O) groups excluding carboxylic acids is 2. The van der Waals surface area contributed by atoms with Crippen LogP contribution in [0.3, 0.4) is 0 Å². The first-order valence-electron chi connectivity index (χ1n) is 5.77. The molecule has 0 saturated carbocycles. The number of hydrogen-bond donors (Lipinski definition) is 1. The predicted molar refractivity (Wildman–Crippen MR) is 68.0 cm³/mol. The Balaban J connectivity index is 2.61. The largest absolute Gasteiger partial charge is 0.349 e. The fourth-order valence-electron chi connectivity index (χ4n) is 1.72.